The van der Waals surface area contributed by atoms with E-state index in [2.05, 4.69) is 74.6 Å². The fourth-order valence-electron chi connectivity index (χ4n) is 5.55. The quantitative estimate of drug-likeness (QED) is 0.0202. The van der Waals surface area contributed by atoms with Gasteiger partial charge in [0, 0.05) is 6.42 Å². The third-order valence-electron chi connectivity index (χ3n) is 8.85. The van der Waals surface area contributed by atoms with E-state index in [1.807, 2.05) is 21.1 Å². The van der Waals surface area contributed by atoms with E-state index in [1.54, 1.807) is 0 Å². The maximum absolute atomic E-state index is 12.7. The molecule has 0 aliphatic heterocycles. The van der Waals surface area contributed by atoms with E-state index in [0.29, 0.717) is 30.5 Å². The Morgan fingerprint density at radius 1 is 0.593 bits per heavy atom. The number of allylic oxidation sites excluding steroid dienone is 9. The Balaban J connectivity index is 4.36. The van der Waals surface area contributed by atoms with Gasteiger partial charge in [0.25, 0.3) is 7.82 Å². The van der Waals surface area contributed by atoms with Crippen LogP contribution in [-0.2, 0) is 27.9 Å². The Kier molecular flexibility index (Phi) is 36.8. The molecule has 0 rings (SSSR count). The molecule has 0 aromatic rings. The van der Waals surface area contributed by atoms with E-state index >= 15 is 0 Å². The van der Waals surface area contributed by atoms with E-state index in [-0.39, 0.29) is 25.8 Å². The molecule has 2 atom stereocenters. The van der Waals surface area contributed by atoms with Crippen molar-refractivity contribution in [3.63, 3.8) is 0 Å². The van der Waals surface area contributed by atoms with Crippen LogP contribution in [0, 0.1) is 0 Å². The molecule has 0 fully saturated rings. The Morgan fingerprint density at radius 2 is 1.04 bits per heavy atom. The Labute approximate surface area is 332 Å². The van der Waals surface area contributed by atoms with Crippen molar-refractivity contribution in [1.29, 1.82) is 0 Å². The second-order valence-corrected chi connectivity index (χ2v) is 16.7. The van der Waals surface area contributed by atoms with Gasteiger partial charge in [0.2, 0.25) is 0 Å². The molecule has 9 heteroatoms. The van der Waals surface area contributed by atoms with Gasteiger partial charge in [0.05, 0.1) is 41.0 Å². The standard InChI is InChI=1S/C45H82NO7P/c1-6-8-10-12-14-16-18-20-22-24-26-28-30-32-34-36-38-45(47)53-44(43-52-54(48,49)51-41-39-46(3,4)5)42-50-40-37-35-33-31-29-27-25-23-21-19-17-15-13-11-9-7-2/h9,11,15,17,21,23,27,29,33,35,44H,6-8,10,12-14,16,18-20,22,24-26,28,30-32,34,36-43H2,1-5H3/b11-9-,17-15-,23-21-,29-27-,35-33-. The summed E-state index contributed by atoms with van der Waals surface area (Å²) in [6, 6.07) is 0. The second-order valence-electron chi connectivity index (χ2n) is 15.3. The van der Waals surface area contributed by atoms with Crippen LogP contribution in [0.2, 0.25) is 0 Å². The molecule has 0 saturated carbocycles. The molecule has 2 unspecified atom stereocenters. The van der Waals surface area contributed by atoms with Gasteiger partial charge in [-0.1, -0.05) is 171 Å². The number of hydrogen-bond acceptors (Lipinski definition) is 7. The SMILES string of the molecule is CC/C=C\C/C=C\C/C=C\C/C=C\C/C=C\CCOCC(COP(=O)([O-])OCC[N+](C)(C)C)OC(=O)CCCCCCCCCCCCCCCCCC. The van der Waals surface area contributed by atoms with E-state index in [0.717, 1.165) is 51.4 Å². The fraction of sp³-hybridized carbons (Fsp3) is 0.756. The van der Waals surface area contributed by atoms with Gasteiger partial charge in [-0.2, -0.15) is 0 Å². The minimum atomic E-state index is -4.54. The number of quaternary nitrogens is 1. The fourth-order valence-corrected chi connectivity index (χ4v) is 6.28. The summed E-state index contributed by atoms with van der Waals surface area (Å²) in [7, 11) is 1.31. The lowest BCUT2D eigenvalue weighted by molar-refractivity contribution is -0.870. The molecule has 8 nitrogen and oxygen atoms in total. The number of unbranched alkanes of at least 4 members (excludes halogenated alkanes) is 15. The number of nitrogens with zero attached hydrogens (tertiary/aromatic N) is 1. The largest absolute Gasteiger partial charge is 0.756 e. The topological polar surface area (TPSA) is 94.1 Å². The molecule has 0 saturated heterocycles. The predicted molar refractivity (Wildman–Crippen MR) is 226 cm³/mol. The number of likely N-dealkylation sites (N-methyl/N-ethyl adjacent to an activating group) is 1. The monoisotopic (exact) mass is 780 g/mol. The smallest absolute Gasteiger partial charge is 0.306 e. The molecule has 0 aromatic carbocycles. The molecule has 0 aliphatic rings. The number of phosphoric ester groups is 1. The molecule has 54 heavy (non-hydrogen) atoms. The minimum absolute atomic E-state index is 0.0116. The maximum Gasteiger partial charge on any atom is 0.306 e. The molecule has 314 valence electrons. The van der Waals surface area contributed by atoms with Crippen LogP contribution in [0.4, 0.5) is 0 Å². The summed E-state index contributed by atoms with van der Waals surface area (Å²) in [6.07, 6.45) is 46.8. The van der Waals surface area contributed by atoms with Gasteiger partial charge >= 0.3 is 5.97 Å². The van der Waals surface area contributed by atoms with Crippen molar-refractivity contribution in [3.05, 3.63) is 60.8 Å². The molecule has 0 N–H and O–H groups in total. The van der Waals surface area contributed by atoms with E-state index in [4.69, 9.17) is 18.5 Å². The Morgan fingerprint density at radius 3 is 1.50 bits per heavy atom. The number of esters is 1. The molecule has 0 bridgehead atoms. The van der Waals surface area contributed by atoms with Crippen molar-refractivity contribution in [1.82, 2.24) is 0 Å². The second kappa shape index (κ2) is 38.1. The average molecular weight is 780 g/mol. The molecule has 0 heterocycles. The van der Waals surface area contributed by atoms with Crippen molar-refractivity contribution in [3.8, 4) is 0 Å². The Hall–Kier alpha value is -1.80. The molecule has 0 aromatic heterocycles. The van der Waals surface area contributed by atoms with Gasteiger partial charge in [-0.3, -0.25) is 9.36 Å². The van der Waals surface area contributed by atoms with Crippen LogP contribution in [0.25, 0.3) is 0 Å². The summed E-state index contributed by atoms with van der Waals surface area (Å²) in [6.45, 7) is 5.07. The number of ether oxygens (including phenoxy) is 2. The van der Waals surface area contributed by atoms with Crippen LogP contribution < -0.4 is 4.89 Å². The Bertz CT molecular complexity index is 1050. The summed E-state index contributed by atoms with van der Waals surface area (Å²) < 4.78 is 34.4. The summed E-state index contributed by atoms with van der Waals surface area (Å²) >= 11 is 0. The van der Waals surface area contributed by atoms with Crippen molar-refractivity contribution >= 4 is 13.8 Å². The van der Waals surface area contributed by atoms with E-state index < -0.39 is 13.9 Å². The maximum atomic E-state index is 12.7. The lowest BCUT2D eigenvalue weighted by atomic mass is 10.0. The van der Waals surface area contributed by atoms with Crippen molar-refractivity contribution in [2.24, 2.45) is 0 Å². The first-order valence-electron chi connectivity index (χ1n) is 21.5. The lowest BCUT2D eigenvalue weighted by Gasteiger charge is -2.28. The third-order valence-corrected chi connectivity index (χ3v) is 9.82. The number of rotatable bonds is 39. The number of hydrogen-bond donors (Lipinski definition) is 0. The highest BCUT2D eigenvalue weighted by molar-refractivity contribution is 7.45. The zero-order chi connectivity index (χ0) is 39.9. The van der Waals surface area contributed by atoms with Gasteiger partial charge in [0.1, 0.15) is 19.3 Å². The lowest BCUT2D eigenvalue weighted by Crippen LogP contribution is -2.37. The zero-order valence-corrected chi connectivity index (χ0v) is 36.3. The first kappa shape index (κ1) is 52.2. The molecule has 0 spiro atoms. The van der Waals surface area contributed by atoms with Crippen LogP contribution in [0.5, 0.6) is 0 Å². The van der Waals surface area contributed by atoms with Crippen LogP contribution in [0.15, 0.2) is 60.8 Å². The number of carbonyl (C=O) groups is 1. The molecule has 0 radical (unpaired) electrons. The molecule has 0 amide bonds. The summed E-state index contributed by atoms with van der Waals surface area (Å²) in [5, 5.41) is 0. The summed E-state index contributed by atoms with van der Waals surface area (Å²) in [5.41, 5.74) is 0. The average Bonchev–Trinajstić information content (AvgIpc) is 3.12. The highest BCUT2D eigenvalue weighted by Gasteiger charge is 2.20. The zero-order valence-electron chi connectivity index (χ0n) is 35.4. The molecular formula is C45H82NO7P. The number of phosphoric acid groups is 1. The van der Waals surface area contributed by atoms with Crippen LogP contribution in [0.3, 0.4) is 0 Å². The summed E-state index contributed by atoms with van der Waals surface area (Å²) in [5.74, 6) is -0.359. The van der Waals surface area contributed by atoms with Gasteiger partial charge in [-0.25, -0.2) is 0 Å². The van der Waals surface area contributed by atoms with Crippen LogP contribution >= 0.6 is 7.82 Å². The van der Waals surface area contributed by atoms with E-state index in [1.165, 1.54) is 83.5 Å². The van der Waals surface area contributed by atoms with Gasteiger partial charge < -0.3 is 27.9 Å². The van der Waals surface area contributed by atoms with Crippen molar-refractivity contribution < 1.29 is 37.3 Å². The molecular weight excluding hydrogens is 697 g/mol. The van der Waals surface area contributed by atoms with Gasteiger partial charge in [0.15, 0.2) is 0 Å². The van der Waals surface area contributed by atoms with Crippen LogP contribution in [0.1, 0.15) is 162 Å². The van der Waals surface area contributed by atoms with Gasteiger partial charge in [-0.15, -0.1) is 0 Å². The highest BCUT2D eigenvalue weighted by atomic mass is 31.2. The molecule has 0 aliphatic carbocycles. The normalized spacial score (nSPS) is 14.4. The van der Waals surface area contributed by atoms with Gasteiger partial charge in [-0.05, 0) is 44.9 Å². The highest BCUT2D eigenvalue weighted by Crippen LogP contribution is 2.38. The van der Waals surface area contributed by atoms with Crippen molar-refractivity contribution in [2.45, 2.75) is 168 Å². The van der Waals surface area contributed by atoms with E-state index in [9.17, 15) is 14.3 Å². The predicted octanol–water partition coefficient (Wildman–Crippen LogP) is 11.9. The first-order chi connectivity index (χ1) is 26.1. The van der Waals surface area contributed by atoms with Crippen LogP contribution in [-0.4, -0.2) is 70.7 Å². The number of carbonyl (C=O) groups excluding carboxylic acids is 1. The first-order valence-corrected chi connectivity index (χ1v) is 23.0. The minimum Gasteiger partial charge on any atom is -0.756 e. The summed E-state index contributed by atoms with van der Waals surface area (Å²) in [4.78, 5) is 25.0. The van der Waals surface area contributed by atoms with Crippen molar-refractivity contribution in [2.75, 3.05) is 54.1 Å². The third kappa shape index (κ3) is 41.4.